The summed E-state index contributed by atoms with van der Waals surface area (Å²) in [7, 11) is 1.55. The summed E-state index contributed by atoms with van der Waals surface area (Å²) in [5.41, 5.74) is 2.78. The van der Waals surface area contributed by atoms with Crippen molar-refractivity contribution < 1.29 is 14.6 Å². The summed E-state index contributed by atoms with van der Waals surface area (Å²) in [5.74, 6) is -0.417. The molecule has 0 unspecified atom stereocenters. The first-order chi connectivity index (χ1) is 11.5. The van der Waals surface area contributed by atoms with Crippen molar-refractivity contribution in [2.45, 2.75) is 13.8 Å². The number of rotatable bonds is 4. The van der Waals surface area contributed by atoms with Gasteiger partial charge in [0.25, 0.3) is 0 Å². The quantitative estimate of drug-likeness (QED) is 0.732. The van der Waals surface area contributed by atoms with Crippen LogP contribution in [0.1, 0.15) is 21.6 Å². The maximum Gasteiger partial charge on any atom is 0.358 e. The molecular weight excluding hydrogens is 308 g/mol. The van der Waals surface area contributed by atoms with Crippen molar-refractivity contribution in [3.05, 3.63) is 53.3 Å². The van der Waals surface area contributed by atoms with Crippen molar-refractivity contribution >= 4 is 23.1 Å². The number of carboxylic acid groups (broad SMARTS) is 1. The van der Waals surface area contributed by atoms with E-state index in [0.29, 0.717) is 17.1 Å². The lowest BCUT2D eigenvalue weighted by molar-refractivity contribution is 0.0692. The molecule has 0 radical (unpaired) electrons. The van der Waals surface area contributed by atoms with Crippen LogP contribution < -0.4 is 4.74 Å². The molecule has 7 heteroatoms. The lowest BCUT2D eigenvalue weighted by Crippen LogP contribution is -1.96. The normalized spacial score (nSPS) is 11.3. The Kier molecular flexibility index (Phi) is 3.99. The number of fused-ring (bicyclic) bond motifs is 1. The highest BCUT2D eigenvalue weighted by molar-refractivity contribution is 5.92. The van der Waals surface area contributed by atoms with E-state index in [1.165, 1.54) is 0 Å². The fourth-order valence-corrected chi connectivity index (χ4v) is 2.41. The maximum absolute atomic E-state index is 11.5. The Bertz CT molecular complexity index is 960. The second-order valence-corrected chi connectivity index (χ2v) is 5.35. The third kappa shape index (κ3) is 2.71. The number of hydrogen-bond donors (Lipinski definition) is 1. The Hall–Kier alpha value is -3.22. The zero-order valence-electron chi connectivity index (χ0n) is 13.5. The predicted molar refractivity (Wildman–Crippen MR) is 88.8 cm³/mol. The molecular formula is C17H16N4O3. The average Bonchev–Trinajstić information content (AvgIpc) is 2.93. The molecule has 2 heterocycles. The van der Waals surface area contributed by atoms with E-state index in [1.54, 1.807) is 23.8 Å². The number of hydrogen-bond acceptors (Lipinski definition) is 5. The first-order valence-electron chi connectivity index (χ1n) is 7.28. The summed E-state index contributed by atoms with van der Waals surface area (Å²) >= 11 is 0. The van der Waals surface area contributed by atoms with Gasteiger partial charge in [0, 0.05) is 6.20 Å². The Morgan fingerprint density at radius 2 is 2.04 bits per heavy atom. The van der Waals surface area contributed by atoms with Crippen molar-refractivity contribution in [3.63, 3.8) is 0 Å². The highest BCUT2D eigenvalue weighted by Crippen LogP contribution is 2.31. The van der Waals surface area contributed by atoms with Gasteiger partial charge in [-0.25, -0.2) is 9.78 Å². The molecule has 3 rings (SSSR count). The van der Waals surface area contributed by atoms with Gasteiger partial charge in [0.2, 0.25) is 0 Å². The Morgan fingerprint density at radius 1 is 1.25 bits per heavy atom. The van der Waals surface area contributed by atoms with E-state index in [2.05, 4.69) is 15.2 Å². The third-order valence-corrected chi connectivity index (χ3v) is 3.61. The van der Waals surface area contributed by atoms with Gasteiger partial charge < -0.3 is 9.84 Å². The highest BCUT2D eigenvalue weighted by Gasteiger charge is 2.19. The average molecular weight is 324 g/mol. The number of carboxylic acids is 1. The smallest absolute Gasteiger partial charge is 0.358 e. The monoisotopic (exact) mass is 324 g/mol. The molecule has 0 saturated heterocycles. The number of aromatic nitrogens is 2. The van der Waals surface area contributed by atoms with Gasteiger partial charge in [-0.05, 0) is 43.2 Å². The number of nitrogens with zero attached hydrogens (tertiary/aromatic N) is 4. The van der Waals surface area contributed by atoms with Crippen LogP contribution >= 0.6 is 0 Å². The van der Waals surface area contributed by atoms with Crippen LogP contribution in [-0.2, 0) is 0 Å². The molecule has 3 aromatic rings. The maximum atomic E-state index is 11.5. The summed E-state index contributed by atoms with van der Waals surface area (Å²) in [6.45, 7) is 3.79. The summed E-state index contributed by atoms with van der Waals surface area (Å²) in [6.07, 6.45) is 1.71. The minimum atomic E-state index is -1.15. The standard InChI is InChI=1S/C17H16N4O3/c1-10-6-7-13(24-3)12(9-10)19-20-16-14(17(22)23)18-15-11(2)5-4-8-21(15)16/h4-9H,1-3H3,(H,22,23). The molecule has 2 aromatic heterocycles. The second kappa shape index (κ2) is 6.11. The van der Waals surface area contributed by atoms with Crippen molar-refractivity contribution in [1.29, 1.82) is 0 Å². The topological polar surface area (TPSA) is 88.5 Å². The number of methoxy groups -OCH3 is 1. The van der Waals surface area contributed by atoms with Crippen molar-refractivity contribution in [3.8, 4) is 5.75 Å². The summed E-state index contributed by atoms with van der Waals surface area (Å²) < 4.78 is 6.88. The third-order valence-electron chi connectivity index (χ3n) is 3.61. The zero-order chi connectivity index (χ0) is 17.3. The van der Waals surface area contributed by atoms with Crippen molar-refractivity contribution in [2.75, 3.05) is 7.11 Å². The molecule has 7 nitrogen and oxygen atoms in total. The van der Waals surface area contributed by atoms with Crippen LogP contribution in [0.4, 0.5) is 11.5 Å². The van der Waals surface area contributed by atoms with E-state index < -0.39 is 5.97 Å². The van der Waals surface area contributed by atoms with Gasteiger partial charge >= 0.3 is 5.97 Å². The van der Waals surface area contributed by atoms with Gasteiger partial charge in [-0.2, -0.15) is 0 Å². The van der Waals surface area contributed by atoms with Gasteiger partial charge in [-0.3, -0.25) is 4.40 Å². The van der Waals surface area contributed by atoms with E-state index >= 15 is 0 Å². The minimum Gasteiger partial charge on any atom is -0.494 e. The highest BCUT2D eigenvalue weighted by atomic mass is 16.5. The molecule has 1 N–H and O–H groups in total. The van der Waals surface area contributed by atoms with Crippen molar-refractivity contribution in [2.24, 2.45) is 10.2 Å². The molecule has 24 heavy (non-hydrogen) atoms. The Balaban J connectivity index is 2.16. The number of imidazole rings is 1. The number of azo groups is 1. The van der Waals surface area contributed by atoms with E-state index in [0.717, 1.165) is 11.1 Å². The first-order valence-corrected chi connectivity index (χ1v) is 7.28. The number of aryl methyl sites for hydroxylation is 2. The number of ether oxygens (including phenoxy) is 1. The van der Waals surface area contributed by atoms with Gasteiger partial charge in [0.1, 0.15) is 17.1 Å². The molecule has 0 aliphatic rings. The molecule has 0 atom stereocenters. The predicted octanol–water partition coefficient (Wildman–Crippen LogP) is 4.07. The lowest BCUT2D eigenvalue weighted by Gasteiger charge is -2.04. The molecule has 1 aromatic carbocycles. The summed E-state index contributed by atoms with van der Waals surface area (Å²) in [5, 5.41) is 17.7. The fraction of sp³-hybridized carbons (Fsp3) is 0.176. The van der Waals surface area contributed by atoms with Crippen LogP contribution in [-0.4, -0.2) is 27.6 Å². The van der Waals surface area contributed by atoms with Gasteiger partial charge in [-0.1, -0.05) is 12.1 Å². The summed E-state index contributed by atoms with van der Waals surface area (Å²) in [6, 6.07) is 9.18. The Morgan fingerprint density at radius 3 is 2.75 bits per heavy atom. The molecule has 0 aliphatic carbocycles. The first kappa shape index (κ1) is 15.7. The van der Waals surface area contributed by atoms with Gasteiger partial charge in [-0.15, -0.1) is 10.2 Å². The molecule has 0 fully saturated rings. The fourth-order valence-electron chi connectivity index (χ4n) is 2.41. The van der Waals surface area contributed by atoms with Gasteiger partial charge in [0.05, 0.1) is 7.11 Å². The van der Waals surface area contributed by atoms with E-state index in [1.807, 2.05) is 38.1 Å². The van der Waals surface area contributed by atoms with E-state index in [4.69, 9.17) is 4.74 Å². The number of benzene rings is 1. The number of carbonyl (C=O) groups is 1. The van der Waals surface area contributed by atoms with Crippen LogP contribution in [0.25, 0.3) is 5.65 Å². The van der Waals surface area contributed by atoms with Crippen LogP contribution in [0.3, 0.4) is 0 Å². The number of pyridine rings is 1. The van der Waals surface area contributed by atoms with Crippen LogP contribution in [0, 0.1) is 13.8 Å². The Labute approximate surface area is 138 Å². The SMILES string of the molecule is COc1ccc(C)cc1N=Nc1c(C(=O)O)nc2c(C)cccn12. The van der Waals surface area contributed by atoms with Gasteiger partial charge in [0.15, 0.2) is 11.5 Å². The number of aromatic carboxylic acids is 1. The summed E-state index contributed by atoms with van der Waals surface area (Å²) in [4.78, 5) is 15.7. The second-order valence-electron chi connectivity index (χ2n) is 5.35. The molecule has 0 spiro atoms. The molecule has 122 valence electrons. The largest absolute Gasteiger partial charge is 0.494 e. The minimum absolute atomic E-state index is 0.139. The zero-order valence-corrected chi connectivity index (χ0v) is 13.5. The van der Waals surface area contributed by atoms with E-state index in [9.17, 15) is 9.90 Å². The molecule has 0 amide bonds. The van der Waals surface area contributed by atoms with Crippen molar-refractivity contribution in [1.82, 2.24) is 9.38 Å². The van der Waals surface area contributed by atoms with E-state index in [-0.39, 0.29) is 11.5 Å². The molecule has 0 aliphatic heterocycles. The molecule has 0 bridgehead atoms. The molecule has 0 saturated carbocycles. The van der Waals surface area contributed by atoms with Crippen LogP contribution in [0.2, 0.25) is 0 Å². The lowest BCUT2D eigenvalue weighted by atomic mass is 10.2. The van der Waals surface area contributed by atoms with Crippen LogP contribution in [0.15, 0.2) is 46.8 Å². The van der Waals surface area contributed by atoms with Crippen LogP contribution in [0.5, 0.6) is 5.75 Å².